The minimum atomic E-state index is 0.294. The SMILES string of the molecule is COC1CCC(Nc2nc(-c3nccn3C)nn3cc(-c4ccn(C(C)C)n4)c(C)c23)C1. The van der Waals surface area contributed by atoms with Crippen molar-refractivity contribution in [2.45, 2.75) is 58.2 Å². The molecule has 1 N–H and O–H groups in total. The molecule has 9 heteroatoms. The van der Waals surface area contributed by atoms with Crippen LogP contribution in [0.2, 0.25) is 0 Å². The van der Waals surface area contributed by atoms with Gasteiger partial charge in [-0.2, -0.15) is 5.10 Å². The Morgan fingerprint density at radius 1 is 1.19 bits per heavy atom. The first kappa shape index (κ1) is 20.7. The first-order chi connectivity index (χ1) is 15.4. The average molecular weight is 435 g/mol. The third-order valence-electron chi connectivity index (χ3n) is 6.38. The van der Waals surface area contributed by atoms with Crippen molar-refractivity contribution in [3.05, 3.63) is 36.4 Å². The van der Waals surface area contributed by atoms with Crippen molar-refractivity contribution in [1.82, 2.24) is 33.9 Å². The molecule has 5 rings (SSSR count). The van der Waals surface area contributed by atoms with Gasteiger partial charge in [-0.25, -0.2) is 14.5 Å². The molecule has 0 aliphatic heterocycles. The molecule has 0 bridgehead atoms. The molecule has 4 heterocycles. The van der Waals surface area contributed by atoms with Gasteiger partial charge in [0.05, 0.1) is 11.8 Å². The van der Waals surface area contributed by atoms with Gasteiger partial charge in [0, 0.05) is 56.6 Å². The lowest BCUT2D eigenvalue weighted by atomic mass is 10.1. The van der Waals surface area contributed by atoms with E-state index < -0.39 is 0 Å². The molecule has 0 spiro atoms. The highest BCUT2D eigenvalue weighted by molar-refractivity contribution is 5.82. The summed E-state index contributed by atoms with van der Waals surface area (Å²) in [7, 11) is 3.74. The maximum atomic E-state index is 5.57. The van der Waals surface area contributed by atoms with E-state index in [1.54, 1.807) is 13.3 Å². The van der Waals surface area contributed by atoms with Crippen LogP contribution in [0.5, 0.6) is 0 Å². The lowest BCUT2D eigenvalue weighted by molar-refractivity contribution is 0.108. The molecule has 2 unspecified atom stereocenters. The van der Waals surface area contributed by atoms with E-state index in [2.05, 4.69) is 37.1 Å². The number of anilines is 1. The summed E-state index contributed by atoms with van der Waals surface area (Å²) in [5.41, 5.74) is 4.07. The predicted molar refractivity (Wildman–Crippen MR) is 124 cm³/mol. The standard InChI is InChI=1S/C23H30N8O/c1-14(2)30-10-8-19(27-30)18-13-31-20(15(18)3)21(25-16-6-7-17(12-16)32-5)26-22(28-31)23-24-9-11-29(23)4/h8-11,13-14,16-17H,6-7,12H2,1-5H3,(H,25,26,28). The first-order valence-electron chi connectivity index (χ1n) is 11.2. The zero-order valence-electron chi connectivity index (χ0n) is 19.3. The third-order valence-corrected chi connectivity index (χ3v) is 6.38. The van der Waals surface area contributed by atoms with E-state index in [1.807, 2.05) is 39.4 Å². The minimum absolute atomic E-state index is 0.294. The lowest BCUT2D eigenvalue weighted by Gasteiger charge is -2.16. The number of nitrogens with one attached hydrogen (secondary N) is 1. The number of fused-ring (bicyclic) bond motifs is 1. The molecule has 168 valence electrons. The van der Waals surface area contributed by atoms with E-state index in [0.717, 1.165) is 53.2 Å². The monoisotopic (exact) mass is 434 g/mol. The number of hydrogen-bond acceptors (Lipinski definition) is 6. The van der Waals surface area contributed by atoms with Crippen LogP contribution >= 0.6 is 0 Å². The molecular formula is C23H30N8O. The van der Waals surface area contributed by atoms with Crippen LogP contribution in [-0.4, -0.2) is 53.2 Å². The molecule has 0 amide bonds. The van der Waals surface area contributed by atoms with Crippen LogP contribution in [0.3, 0.4) is 0 Å². The van der Waals surface area contributed by atoms with E-state index >= 15 is 0 Å². The molecule has 2 atom stereocenters. The van der Waals surface area contributed by atoms with E-state index in [4.69, 9.17) is 19.9 Å². The average Bonchev–Trinajstić information content (AvgIpc) is 3.54. The quantitative estimate of drug-likeness (QED) is 0.496. The van der Waals surface area contributed by atoms with Crippen molar-refractivity contribution in [2.75, 3.05) is 12.4 Å². The molecule has 0 radical (unpaired) electrons. The number of methoxy groups -OCH3 is 1. The third kappa shape index (κ3) is 3.56. The van der Waals surface area contributed by atoms with E-state index in [1.165, 1.54) is 0 Å². The Bertz CT molecular complexity index is 1250. The van der Waals surface area contributed by atoms with E-state index in [-0.39, 0.29) is 0 Å². The second-order valence-corrected chi connectivity index (χ2v) is 8.89. The maximum absolute atomic E-state index is 5.57. The Balaban J connectivity index is 1.63. The van der Waals surface area contributed by atoms with Crippen molar-refractivity contribution in [2.24, 2.45) is 7.05 Å². The van der Waals surface area contributed by atoms with Crippen molar-refractivity contribution < 1.29 is 4.74 Å². The Morgan fingerprint density at radius 3 is 2.69 bits per heavy atom. The number of rotatable bonds is 6. The highest BCUT2D eigenvalue weighted by Crippen LogP contribution is 2.33. The molecule has 4 aromatic rings. The summed E-state index contributed by atoms with van der Waals surface area (Å²) in [6.45, 7) is 6.36. The molecule has 32 heavy (non-hydrogen) atoms. The molecule has 0 saturated heterocycles. The van der Waals surface area contributed by atoms with Gasteiger partial charge in [-0.15, -0.1) is 5.10 Å². The predicted octanol–water partition coefficient (Wildman–Crippen LogP) is 3.86. The second kappa shape index (κ2) is 8.05. The summed E-state index contributed by atoms with van der Waals surface area (Å²) in [5.74, 6) is 2.14. The number of imidazole rings is 1. The molecule has 1 aliphatic rings. The summed E-state index contributed by atoms with van der Waals surface area (Å²) in [5, 5.41) is 13.3. The van der Waals surface area contributed by atoms with Gasteiger partial charge in [-0.1, -0.05) is 0 Å². The minimum Gasteiger partial charge on any atom is -0.381 e. The molecular weight excluding hydrogens is 404 g/mol. The first-order valence-corrected chi connectivity index (χ1v) is 11.2. The maximum Gasteiger partial charge on any atom is 0.218 e. The van der Waals surface area contributed by atoms with Gasteiger partial charge < -0.3 is 14.6 Å². The fourth-order valence-electron chi connectivity index (χ4n) is 4.51. The normalized spacial score (nSPS) is 18.8. The van der Waals surface area contributed by atoms with Crippen molar-refractivity contribution in [3.8, 4) is 22.9 Å². The van der Waals surface area contributed by atoms with Gasteiger partial charge in [0.15, 0.2) is 11.6 Å². The largest absolute Gasteiger partial charge is 0.381 e. The van der Waals surface area contributed by atoms with Gasteiger partial charge in [-0.3, -0.25) is 4.68 Å². The molecule has 0 aromatic carbocycles. The number of aromatic nitrogens is 7. The zero-order valence-corrected chi connectivity index (χ0v) is 19.3. The smallest absolute Gasteiger partial charge is 0.218 e. The van der Waals surface area contributed by atoms with E-state index in [0.29, 0.717) is 24.0 Å². The van der Waals surface area contributed by atoms with Crippen LogP contribution in [0.25, 0.3) is 28.4 Å². The van der Waals surface area contributed by atoms with Crippen molar-refractivity contribution in [3.63, 3.8) is 0 Å². The topological polar surface area (TPSA) is 87.1 Å². The Labute approximate surface area is 187 Å². The van der Waals surface area contributed by atoms with Crippen LogP contribution in [0, 0.1) is 6.92 Å². The van der Waals surface area contributed by atoms with Gasteiger partial charge in [0.2, 0.25) is 5.82 Å². The van der Waals surface area contributed by atoms with E-state index in [9.17, 15) is 0 Å². The number of ether oxygens (including phenoxy) is 1. The van der Waals surface area contributed by atoms with Crippen molar-refractivity contribution in [1.29, 1.82) is 0 Å². The van der Waals surface area contributed by atoms with Gasteiger partial charge in [-0.05, 0) is 51.7 Å². The fourth-order valence-corrected chi connectivity index (χ4v) is 4.51. The van der Waals surface area contributed by atoms with Crippen LogP contribution in [0.15, 0.2) is 30.9 Å². The van der Waals surface area contributed by atoms with Crippen molar-refractivity contribution >= 4 is 11.3 Å². The Hall–Kier alpha value is -3.20. The summed E-state index contributed by atoms with van der Waals surface area (Å²) in [4.78, 5) is 9.39. The number of nitrogens with zero attached hydrogens (tertiary/aromatic N) is 7. The summed E-state index contributed by atoms with van der Waals surface area (Å²) >= 11 is 0. The highest BCUT2D eigenvalue weighted by atomic mass is 16.5. The Morgan fingerprint density at radius 2 is 2.03 bits per heavy atom. The van der Waals surface area contributed by atoms with Gasteiger partial charge >= 0.3 is 0 Å². The van der Waals surface area contributed by atoms with Crippen LogP contribution in [0.4, 0.5) is 5.82 Å². The Kier molecular flexibility index (Phi) is 5.21. The molecule has 1 aliphatic carbocycles. The summed E-state index contributed by atoms with van der Waals surface area (Å²) in [6.07, 6.45) is 11.1. The van der Waals surface area contributed by atoms with Crippen LogP contribution < -0.4 is 5.32 Å². The van der Waals surface area contributed by atoms with Gasteiger partial charge in [0.1, 0.15) is 5.52 Å². The fraction of sp³-hybridized carbons (Fsp3) is 0.478. The van der Waals surface area contributed by atoms with Crippen LogP contribution in [-0.2, 0) is 11.8 Å². The lowest BCUT2D eigenvalue weighted by Crippen LogP contribution is -2.19. The zero-order chi connectivity index (χ0) is 22.4. The summed E-state index contributed by atoms with van der Waals surface area (Å²) in [6, 6.07) is 2.68. The molecule has 4 aromatic heterocycles. The molecule has 1 fully saturated rings. The molecule has 9 nitrogen and oxygen atoms in total. The number of hydrogen-bond donors (Lipinski definition) is 1. The number of aryl methyl sites for hydroxylation is 2. The van der Waals surface area contributed by atoms with Gasteiger partial charge in [0.25, 0.3) is 0 Å². The van der Waals surface area contributed by atoms with Crippen LogP contribution in [0.1, 0.15) is 44.7 Å². The highest BCUT2D eigenvalue weighted by Gasteiger charge is 2.27. The second-order valence-electron chi connectivity index (χ2n) is 8.89. The summed E-state index contributed by atoms with van der Waals surface area (Å²) < 4.78 is 11.4. The molecule has 1 saturated carbocycles.